The van der Waals surface area contributed by atoms with Crippen molar-refractivity contribution in [1.82, 2.24) is 5.32 Å². The van der Waals surface area contributed by atoms with Crippen LogP contribution < -0.4 is 10.2 Å². The molecule has 1 N–H and O–H groups in total. The van der Waals surface area contributed by atoms with Crippen LogP contribution in [0.3, 0.4) is 0 Å². The van der Waals surface area contributed by atoms with Crippen LogP contribution in [0.2, 0.25) is 0 Å². The predicted molar refractivity (Wildman–Crippen MR) is 102 cm³/mol. The van der Waals surface area contributed by atoms with Crippen LogP contribution in [0.4, 0.5) is 18.9 Å². The summed E-state index contributed by atoms with van der Waals surface area (Å²) >= 11 is 1.39. The molecule has 2 amide bonds. The highest BCUT2D eigenvalue weighted by Gasteiger charge is 2.47. The number of halogens is 3. The number of hydrogen-bond donors (Lipinski definition) is 1. The van der Waals surface area contributed by atoms with Crippen LogP contribution in [0.5, 0.6) is 0 Å². The first-order chi connectivity index (χ1) is 13.3. The molecule has 0 aromatic heterocycles. The lowest BCUT2D eigenvalue weighted by molar-refractivity contribution is -0.131. The van der Waals surface area contributed by atoms with Crippen molar-refractivity contribution in [3.05, 3.63) is 59.9 Å². The SMILES string of the molecule is CSc1ccccc1C(C(=O)NC1CC(F)(F)C1)N(C=O)c1cccc(F)c1. The van der Waals surface area contributed by atoms with Crippen LogP contribution in [0.15, 0.2) is 53.4 Å². The lowest BCUT2D eigenvalue weighted by atomic mass is 9.87. The highest BCUT2D eigenvalue weighted by molar-refractivity contribution is 7.98. The van der Waals surface area contributed by atoms with Gasteiger partial charge in [-0.3, -0.25) is 14.5 Å². The molecule has 28 heavy (non-hydrogen) atoms. The molecule has 8 heteroatoms. The van der Waals surface area contributed by atoms with Crippen LogP contribution in [-0.4, -0.2) is 30.5 Å². The van der Waals surface area contributed by atoms with Crippen LogP contribution in [-0.2, 0) is 9.59 Å². The highest BCUT2D eigenvalue weighted by atomic mass is 32.2. The summed E-state index contributed by atoms with van der Waals surface area (Å²) in [6.07, 6.45) is 1.41. The van der Waals surface area contributed by atoms with E-state index in [-0.39, 0.29) is 5.69 Å². The molecule has 1 unspecified atom stereocenters. The zero-order valence-corrected chi connectivity index (χ0v) is 15.9. The van der Waals surface area contributed by atoms with Crippen LogP contribution in [0.25, 0.3) is 0 Å². The van der Waals surface area contributed by atoms with Crippen LogP contribution >= 0.6 is 11.8 Å². The molecular formula is C20H19F3N2O2S. The molecule has 1 aliphatic rings. The van der Waals surface area contributed by atoms with E-state index in [9.17, 15) is 22.8 Å². The second-order valence-corrected chi connectivity index (χ2v) is 7.45. The van der Waals surface area contributed by atoms with Crippen LogP contribution in [0, 0.1) is 5.82 Å². The molecule has 0 bridgehead atoms. The van der Waals surface area contributed by atoms with E-state index in [2.05, 4.69) is 5.32 Å². The Labute approximate surface area is 165 Å². The molecule has 0 aliphatic heterocycles. The van der Waals surface area contributed by atoms with Gasteiger partial charge in [0, 0.05) is 29.5 Å². The van der Waals surface area contributed by atoms with Crippen LogP contribution in [0.1, 0.15) is 24.4 Å². The Kier molecular flexibility index (Phi) is 5.98. The van der Waals surface area contributed by atoms with E-state index in [1.807, 2.05) is 6.26 Å². The minimum absolute atomic E-state index is 0.199. The summed E-state index contributed by atoms with van der Waals surface area (Å²) in [6, 6.07) is 10.6. The molecule has 0 saturated heterocycles. The molecule has 1 aliphatic carbocycles. The molecule has 4 nitrogen and oxygen atoms in total. The first kappa shape index (κ1) is 20.3. The third-order valence-electron chi connectivity index (χ3n) is 4.62. The van der Waals surface area contributed by atoms with Gasteiger partial charge in [-0.1, -0.05) is 24.3 Å². The van der Waals surface area contributed by atoms with E-state index in [1.54, 1.807) is 24.3 Å². The summed E-state index contributed by atoms with van der Waals surface area (Å²) in [7, 11) is 0. The Morgan fingerprint density at radius 1 is 1.25 bits per heavy atom. The molecule has 1 atom stereocenters. The molecule has 0 radical (unpaired) electrons. The molecule has 0 spiro atoms. The van der Waals surface area contributed by atoms with E-state index in [4.69, 9.17) is 0 Å². The number of thioether (sulfide) groups is 1. The minimum Gasteiger partial charge on any atom is -0.351 e. The summed E-state index contributed by atoms with van der Waals surface area (Å²) < 4.78 is 40.0. The van der Waals surface area contributed by atoms with Gasteiger partial charge in [0.25, 0.3) is 5.92 Å². The molecule has 3 rings (SSSR count). The third kappa shape index (κ3) is 4.32. The standard InChI is InChI=1S/C20H19F3N2O2S/c1-28-17-8-3-2-7-16(17)18(19(27)24-14-10-20(22,23)11-14)25(12-26)15-6-4-5-13(21)9-15/h2-9,12,14,18H,10-11H2,1H3,(H,24,27). The average molecular weight is 408 g/mol. The zero-order valence-electron chi connectivity index (χ0n) is 15.1. The maximum Gasteiger partial charge on any atom is 0.252 e. The number of amides is 2. The zero-order chi connectivity index (χ0) is 20.3. The number of carbonyl (C=O) groups excluding carboxylic acids is 2. The maximum atomic E-state index is 13.7. The lowest BCUT2D eigenvalue weighted by Crippen LogP contribution is -2.53. The van der Waals surface area contributed by atoms with Crippen molar-refractivity contribution >= 4 is 29.8 Å². The molecule has 0 heterocycles. The second kappa shape index (κ2) is 8.26. The van der Waals surface area contributed by atoms with Gasteiger partial charge in [-0.05, 0) is 36.1 Å². The van der Waals surface area contributed by atoms with E-state index in [0.717, 1.165) is 15.9 Å². The van der Waals surface area contributed by atoms with E-state index < -0.39 is 42.6 Å². The summed E-state index contributed by atoms with van der Waals surface area (Å²) in [5.74, 6) is -3.92. The Hall–Kier alpha value is -2.48. The summed E-state index contributed by atoms with van der Waals surface area (Å²) in [6.45, 7) is 0. The largest absolute Gasteiger partial charge is 0.351 e. The molecule has 2 aromatic carbocycles. The fourth-order valence-corrected chi connectivity index (χ4v) is 3.89. The van der Waals surface area contributed by atoms with Gasteiger partial charge in [-0.25, -0.2) is 13.2 Å². The Bertz CT molecular complexity index is 870. The third-order valence-corrected chi connectivity index (χ3v) is 5.43. The highest BCUT2D eigenvalue weighted by Crippen LogP contribution is 2.38. The first-order valence-corrected chi connectivity index (χ1v) is 9.87. The number of rotatable bonds is 7. The van der Waals surface area contributed by atoms with Gasteiger partial charge in [0.1, 0.15) is 11.9 Å². The second-order valence-electron chi connectivity index (χ2n) is 6.61. The van der Waals surface area contributed by atoms with Crippen molar-refractivity contribution in [2.45, 2.75) is 35.7 Å². The van der Waals surface area contributed by atoms with Crippen molar-refractivity contribution in [2.24, 2.45) is 0 Å². The molecule has 1 saturated carbocycles. The Morgan fingerprint density at radius 3 is 2.57 bits per heavy atom. The van der Waals surface area contributed by atoms with Crippen molar-refractivity contribution in [2.75, 3.05) is 11.2 Å². The predicted octanol–water partition coefficient (Wildman–Crippen LogP) is 4.17. The van der Waals surface area contributed by atoms with E-state index in [1.165, 1.54) is 30.0 Å². The fraction of sp³-hybridized carbons (Fsp3) is 0.300. The van der Waals surface area contributed by atoms with Gasteiger partial charge in [-0.2, -0.15) is 0 Å². The Balaban J connectivity index is 1.98. The lowest BCUT2D eigenvalue weighted by Gasteiger charge is -2.37. The topological polar surface area (TPSA) is 49.4 Å². The van der Waals surface area contributed by atoms with E-state index in [0.29, 0.717) is 12.0 Å². The van der Waals surface area contributed by atoms with Crippen molar-refractivity contribution in [3.8, 4) is 0 Å². The quantitative estimate of drug-likeness (QED) is 0.553. The van der Waals surface area contributed by atoms with E-state index >= 15 is 0 Å². The van der Waals surface area contributed by atoms with Gasteiger partial charge in [0.15, 0.2) is 0 Å². The molecular weight excluding hydrogens is 389 g/mol. The number of alkyl halides is 2. The van der Waals surface area contributed by atoms with Gasteiger partial charge in [0.2, 0.25) is 12.3 Å². The van der Waals surface area contributed by atoms with Gasteiger partial charge < -0.3 is 5.32 Å². The maximum absolute atomic E-state index is 13.7. The monoisotopic (exact) mass is 408 g/mol. The number of nitrogens with one attached hydrogen (secondary N) is 1. The summed E-state index contributed by atoms with van der Waals surface area (Å²) in [5, 5.41) is 2.60. The molecule has 148 valence electrons. The van der Waals surface area contributed by atoms with Gasteiger partial charge >= 0.3 is 0 Å². The van der Waals surface area contributed by atoms with Gasteiger partial charge in [-0.15, -0.1) is 11.8 Å². The molecule has 2 aromatic rings. The smallest absolute Gasteiger partial charge is 0.252 e. The Morgan fingerprint density at radius 2 is 1.96 bits per heavy atom. The first-order valence-electron chi connectivity index (χ1n) is 8.65. The number of carbonyl (C=O) groups is 2. The normalized spacial score (nSPS) is 16.7. The number of benzene rings is 2. The number of hydrogen-bond acceptors (Lipinski definition) is 3. The minimum atomic E-state index is -2.78. The van der Waals surface area contributed by atoms with Crippen molar-refractivity contribution in [3.63, 3.8) is 0 Å². The summed E-state index contributed by atoms with van der Waals surface area (Å²) in [4.78, 5) is 26.8. The average Bonchev–Trinajstić information content (AvgIpc) is 2.64. The van der Waals surface area contributed by atoms with Crippen molar-refractivity contribution < 1.29 is 22.8 Å². The van der Waals surface area contributed by atoms with Crippen molar-refractivity contribution in [1.29, 1.82) is 0 Å². The molecule has 1 fully saturated rings. The number of anilines is 1. The number of nitrogens with zero attached hydrogens (tertiary/aromatic N) is 1. The van der Waals surface area contributed by atoms with Gasteiger partial charge in [0.05, 0.1) is 0 Å². The summed E-state index contributed by atoms with van der Waals surface area (Å²) in [5.41, 5.74) is 0.736. The fourth-order valence-electron chi connectivity index (χ4n) is 3.26.